The molecule has 0 radical (unpaired) electrons. The normalized spacial score (nSPS) is 11.9. The highest BCUT2D eigenvalue weighted by atomic mass is 32.2. The molecule has 8 nitrogen and oxygen atoms in total. The Labute approximate surface area is 159 Å². The van der Waals surface area contributed by atoms with Gasteiger partial charge < -0.3 is 10.5 Å². The minimum absolute atomic E-state index is 0.0393. The average molecular weight is 401 g/mol. The number of nitrogens with zero attached hydrogens (tertiary/aromatic N) is 4. The van der Waals surface area contributed by atoms with Crippen molar-refractivity contribution in [1.82, 2.24) is 19.6 Å². The number of benzene rings is 2. The second-order valence-corrected chi connectivity index (χ2v) is 8.23. The van der Waals surface area contributed by atoms with E-state index in [9.17, 15) is 12.8 Å². The minimum atomic E-state index is -3.48. The molecule has 4 rings (SSSR count). The van der Waals surface area contributed by atoms with E-state index in [0.29, 0.717) is 16.6 Å². The molecule has 28 heavy (non-hydrogen) atoms. The summed E-state index contributed by atoms with van der Waals surface area (Å²) in [6, 6.07) is 10.8. The molecule has 144 valence electrons. The lowest BCUT2D eigenvalue weighted by atomic mass is 10.2. The topological polar surface area (TPSA) is 112 Å². The predicted molar refractivity (Wildman–Crippen MR) is 101 cm³/mol. The summed E-state index contributed by atoms with van der Waals surface area (Å²) in [6.07, 6.45) is 0.0818. The highest BCUT2D eigenvalue weighted by Gasteiger charge is 2.18. The van der Waals surface area contributed by atoms with Crippen molar-refractivity contribution < 1.29 is 17.5 Å². The van der Waals surface area contributed by atoms with Crippen molar-refractivity contribution in [1.29, 1.82) is 0 Å². The molecular weight excluding hydrogens is 385 g/mol. The van der Waals surface area contributed by atoms with Gasteiger partial charge in [-0.1, -0.05) is 18.2 Å². The van der Waals surface area contributed by atoms with Crippen molar-refractivity contribution in [3.63, 3.8) is 0 Å². The van der Waals surface area contributed by atoms with Gasteiger partial charge in [0, 0.05) is 17.9 Å². The Hall–Kier alpha value is -3.27. The third kappa shape index (κ3) is 3.11. The molecule has 2 aromatic heterocycles. The maximum absolute atomic E-state index is 14.1. The molecule has 0 saturated heterocycles. The molecule has 0 spiro atoms. The van der Waals surface area contributed by atoms with Crippen LogP contribution in [0.15, 0.2) is 47.4 Å². The first-order valence-corrected chi connectivity index (χ1v) is 10.0. The number of nitrogens with two attached hydrogens (primary N) is 1. The fraction of sp³-hybridized carbons (Fsp3) is 0.167. The zero-order valence-electron chi connectivity index (χ0n) is 14.8. The molecule has 0 unspecified atom stereocenters. The molecule has 2 aromatic carbocycles. The third-order valence-electron chi connectivity index (χ3n) is 4.31. The lowest BCUT2D eigenvalue weighted by Gasteiger charge is -2.05. The van der Waals surface area contributed by atoms with Crippen LogP contribution in [0.1, 0.15) is 5.82 Å². The number of nitrogen functional groups attached to an aromatic ring is 1. The van der Waals surface area contributed by atoms with Gasteiger partial charge in [0.2, 0.25) is 5.95 Å². The Kier molecular flexibility index (Phi) is 4.34. The van der Waals surface area contributed by atoms with Gasteiger partial charge in [-0.3, -0.25) is 0 Å². The van der Waals surface area contributed by atoms with E-state index in [4.69, 9.17) is 10.5 Å². The van der Waals surface area contributed by atoms with E-state index in [-0.39, 0.29) is 34.6 Å². The lowest BCUT2D eigenvalue weighted by molar-refractivity contribution is 0.387. The summed E-state index contributed by atoms with van der Waals surface area (Å²) in [5.41, 5.74) is 6.64. The number of anilines is 1. The molecule has 2 N–H and O–H groups in total. The number of hydrogen-bond acceptors (Lipinski definition) is 7. The average Bonchev–Trinajstić information content (AvgIpc) is 3.13. The number of rotatable bonds is 5. The first-order chi connectivity index (χ1) is 13.4. The van der Waals surface area contributed by atoms with E-state index >= 15 is 0 Å². The summed E-state index contributed by atoms with van der Waals surface area (Å²) in [5, 5.41) is 4.63. The molecule has 0 saturated carbocycles. The van der Waals surface area contributed by atoms with Crippen molar-refractivity contribution >= 4 is 32.3 Å². The number of hydrogen-bond donors (Lipinski definition) is 1. The van der Waals surface area contributed by atoms with Crippen LogP contribution >= 0.6 is 0 Å². The summed E-state index contributed by atoms with van der Waals surface area (Å²) in [6.45, 7) is 0. The van der Waals surface area contributed by atoms with E-state index in [2.05, 4.69) is 15.1 Å². The molecular formula is C18H16FN5O3S. The minimum Gasteiger partial charge on any atom is -0.494 e. The molecule has 0 aliphatic heterocycles. The summed E-state index contributed by atoms with van der Waals surface area (Å²) < 4.78 is 45.3. The zero-order chi connectivity index (χ0) is 19.9. The van der Waals surface area contributed by atoms with Crippen LogP contribution in [0.2, 0.25) is 0 Å². The molecule has 0 amide bonds. The van der Waals surface area contributed by atoms with Crippen molar-refractivity contribution in [3.05, 3.63) is 54.1 Å². The molecule has 4 aromatic rings. The van der Waals surface area contributed by atoms with E-state index in [1.807, 2.05) is 0 Å². The zero-order valence-corrected chi connectivity index (χ0v) is 15.6. The predicted octanol–water partition coefficient (Wildman–Crippen LogP) is 2.02. The number of halogens is 1. The van der Waals surface area contributed by atoms with Gasteiger partial charge in [0.25, 0.3) is 0 Å². The van der Waals surface area contributed by atoms with E-state index < -0.39 is 15.7 Å². The van der Waals surface area contributed by atoms with Crippen molar-refractivity contribution in [2.24, 2.45) is 0 Å². The summed E-state index contributed by atoms with van der Waals surface area (Å²) in [5.74, 6) is -0.365. The van der Waals surface area contributed by atoms with Crippen LogP contribution in [0.3, 0.4) is 0 Å². The third-order valence-corrected chi connectivity index (χ3v) is 6.04. The van der Waals surface area contributed by atoms with Gasteiger partial charge >= 0.3 is 0 Å². The maximum Gasteiger partial charge on any atom is 0.223 e. The van der Waals surface area contributed by atoms with E-state index in [0.717, 1.165) is 0 Å². The molecule has 2 heterocycles. The Morgan fingerprint density at radius 2 is 1.93 bits per heavy atom. The van der Waals surface area contributed by atoms with E-state index in [1.165, 1.54) is 35.9 Å². The first kappa shape index (κ1) is 18.1. The number of fused-ring (bicyclic) bond motifs is 3. The maximum atomic E-state index is 14.1. The molecule has 0 bridgehead atoms. The molecule has 0 atom stereocenters. The summed E-state index contributed by atoms with van der Waals surface area (Å²) in [7, 11) is -2.12. The highest BCUT2D eigenvalue weighted by molar-refractivity contribution is 7.91. The van der Waals surface area contributed by atoms with Gasteiger partial charge in [-0.25, -0.2) is 22.8 Å². The van der Waals surface area contributed by atoms with Crippen LogP contribution in [0.5, 0.6) is 5.75 Å². The van der Waals surface area contributed by atoms with Crippen molar-refractivity contribution in [2.75, 3.05) is 18.6 Å². The van der Waals surface area contributed by atoms with Gasteiger partial charge in [0.1, 0.15) is 0 Å². The fourth-order valence-electron chi connectivity index (χ4n) is 2.91. The largest absolute Gasteiger partial charge is 0.494 e. The Morgan fingerprint density at radius 3 is 2.64 bits per heavy atom. The lowest BCUT2D eigenvalue weighted by Crippen LogP contribution is -2.10. The molecule has 0 aliphatic rings. The Balaban J connectivity index is 1.72. The number of sulfone groups is 1. The smallest absolute Gasteiger partial charge is 0.223 e. The molecule has 0 aliphatic carbocycles. The van der Waals surface area contributed by atoms with Gasteiger partial charge in [0.05, 0.1) is 23.3 Å². The fourth-order valence-corrected chi connectivity index (χ4v) is 4.17. The number of aryl methyl sites for hydroxylation is 1. The van der Waals surface area contributed by atoms with Gasteiger partial charge in [0.15, 0.2) is 32.9 Å². The standard InChI is InChI=1S/C18H16FN5O3S/c1-27-15-10-14-12(9-13(15)19)17-22-16(23-24(17)18(20)21-14)7-8-28(25,26)11-5-3-2-4-6-11/h2-6,9-10H,7-8H2,1H3,(H2,20,21). The van der Waals surface area contributed by atoms with Gasteiger partial charge in [-0.05, 0) is 18.2 Å². The van der Waals surface area contributed by atoms with Crippen LogP contribution in [0.4, 0.5) is 10.3 Å². The first-order valence-electron chi connectivity index (χ1n) is 8.35. The summed E-state index contributed by atoms with van der Waals surface area (Å²) >= 11 is 0. The van der Waals surface area contributed by atoms with Crippen LogP contribution < -0.4 is 10.5 Å². The van der Waals surface area contributed by atoms with Crippen LogP contribution in [-0.2, 0) is 16.3 Å². The van der Waals surface area contributed by atoms with Crippen molar-refractivity contribution in [3.8, 4) is 5.75 Å². The second-order valence-electron chi connectivity index (χ2n) is 6.12. The number of methoxy groups -OCH3 is 1. The SMILES string of the molecule is COc1cc2nc(N)n3nc(CCS(=O)(=O)c4ccccc4)nc3c2cc1F. The van der Waals surface area contributed by atoms with Gasteiger partial charge in [-0.15, -0.1) is 5.10 Å². The highest BCUT2D eigenvalue weighted by Crippen LogP contribution is 2.27. The van der Waals surface area contributed by atoms with Gasteiger partial charge in [-0.2, -0.15) is 4.52 Å². The number of ether oxygens (including phenoxy) is 1. The molecule has 10 heteroatoms. The quantitative estimate of drug-likeness (QED) is 0.544. The van der Waals surface area contributed by atoms with Crippen LogP contribution in [0.25, 0.3) is 16.6 Å². The number of aromatic nitrogens is 4. The van der Waals surface area contributed by atoms with Crippen LogP contribution in [-0.4, -0.2) is 40.9 Å². The monoisotopic (exact) mass is 401 g/mol. The second kappa shape index (κ2) is 6.71. The van der Waals surface area contributed by atoms with E-state index in [1.54, 1.807) is 18.2 Å². The van der Waals surface area contributed by atoms with Crippen molar-refractivity contribution in [2.45, 2.75) is 11.3 Å². The summed E-state index contributed by atoms with van der Waals surface area (Å²) in [4.78, 5) is 8.79. The Morgan fingerprint density at radius 1 is 1.18 bits per heavy atom. The Bertz CT molecular complexity index is 1290. The van der Waals surface area contributed by atoms with Crippen LogP contribution in [0, 0.1) is 5.82 Å². The molecule has 0 fully saturated rings.